The van der Waals surface area contributed by atoms with E-state index in [-0.39, 0.29) is 23.2 Å². The van der Waals surface area contributed by atoms with Crippen molar-refractivity contribution in [3.05, 3.63) is 47.4 Å². The molecule has 230 valence electrons. The smallest absolute Gasteiger partial charge is 0.343 e. The third-order valence-electron chi connectivity index (χ3n) is 7.57. The minimum atomic E-state index is -0.477. The quantitative estimate of drug-likeness (QED) is 0.231. The predicted molar refractivity (Wildman–Crippen MR) is 171 cm³/mol. The van der Waals surface area contributed by atoms with Crippen LogP contribution in [-0.2, 0) is 10.2 Å². The minimum Gasteiger partial charge on any atom is -0.488 e. The highest BCUT2D eigenvalue weighted by Crippen LogP contribution is 2.44. The van der Waals surface area contributed by atoms with Crippen molar-refractivity contribution in [2.45, 2.75) is 65.1 Å². The van der Waals surface area contributed by atoms with Crippen molar-refractivity contribution in [1.82, 2.24) is 19.9 Å². The van der Waals surface area contributed by atoms with Crippen LogP contribution in [0.25, 0.3) is 0 Å². The van der Waals surface area contributed by atoms with Crippen molar-refractivity contribution in [2.24, 2.45) is 0 Å². The predicted octanol–water partition coefficient (Wildman–Crippen LogP) is 5.04. The van der Waals surface area contributed by atoms with Gasteiger partial charge in [0.15, 0.2) is 5.82 Å². The van der Waals surface area contributed by atoms with E-state index >= 15 is 0 Å². The van der Waals surface area contributed by atoms with Gasteiger partial charge in [0.1, 0.15) is 11.3 Å². The highest BCUT2D eigenvalue weighted by Gasteiger charge is 2.40. The lowest BCUT2D eigenvalue weighted by atomic mass is 9.91. The molecule has 11 heteroatoms. The second-order valence-electron chi connectivity index (χ2n) is 12.7. The summed E-state index contributed by atoms with van der Waals surface area (Å²) in [4.78, 5) is 33.8. The van der Waals surface area contributed by atoms with Gasteiger partial charge in [0, 0.05) is 50.1 Å². The molecule has 1 fully saturated rings. The van der Waals surface area contributed by atoms with Gasteiger partial charge < -0.3 is 35.2 Å². The lowest BCUT2D eigenvalue weighted by molar-refractivity contribution is 0.0378. The number of esters is 1. The molecule has 0 atom stereocenters. The van der Waals surface area contributed by atoms with Crippen LogP contribution in [0.3, 0.4) is 0 Å². The number of hydrogen-bond donors (Lipinski definition) is 2. The normalized spacial score (nSPS) is 15.5. The molecule has 11 nitrogen and oxygen atoms in total. The molecule has 3 aromatic rings. The lowest BCUT2D eigenvalue weighted by Crippen LogP contribution is -2.29. The van der Waals surface area contributed by atoms with Crippen molar-refractivity contribution in [3.8, 4) is 5.75 Å². The molecule has 0 radical (unpaired) electrons. The van der Waals surface area contributed by atoms with Crippen LogP contribution in [0.5, 0.6) is 5.75 Å². The number of nitrogens with two attached hydrogens (primary N) is 1. The van der Waals surface area contributed by atoms with Crippen LogP contribution >= 0.6 is 0 Å². The van der Waals surface area contributed by atoms with Crippen LogP contribution < -0.4 is 25.6 Å². The number of fused-ring (bicyclic) bond motifs is 1. The Morgan fingerprint density at radius 1 is 1.16 bits per heavy atom. The topological polar surface area (TPSA) is 122 Å². The van der Waals surface area contributed by atoms with Crippen molar-refractivity contribution >= 4 is 40.5 Å². The van der Waals surface area contributed by atoms with E-state index in [9.17, 15) is 4.79 Å². The standard InChI is InChI=1S/C32H44N8O3/c1-19(2)42-30(41)22-17-34-31(37-29(22)40-18-32(4,5)28-25(40)12-9-20(3)35-28)36-24-15-23(33)26(39(8)14-13-38(6)7)16-27(24)43-21-10-11-21/h9,12,15-17,19,21H,10-11,13-14,18,33H2,1-8H3,(H,34,36,37). The Balaban J connectivity index is 1.54. The number of nitrogens with one attached hydrogen (secondary N) is 1. The summed E-state index contributed by atoms with van der Waals surface area (Å²) in [6.45, 7) is 12.2. The molecule has 2 aliphatic rings. The Labute approximate surface area is 254 Å². The molecule has 1 aromatic carbocycles. The monoisotopic (exact) mass is 588 g/mol. The first-order chi connectivity index (χ1) is 20.3. The Kier molecular flexibility index (Phi) is 8.38. The van der Waals surface area contributed by atoms with E-state index in [0.29, 0.717) is 35.4 Å². The summed E-state index contributed by atoms with van der Waals surface area (Å²) in [6.07, 6.45) is 3.44. The van der Waals surface area contributed by atoms with E-state index in [1.165, 1.54) is 6.20 Å². The van der Waals surface area contributed by atoms with E-state index in [1.807, 2.05) is 71.1 Å². The molecule has 3 N–H and O–H groups in total. The van der Waals surface area contributed by atoms with Crippen LogP contribution in [0.4, 0.5) is 34.5 Å². The van der Waals surface area contributed by atoms with Gasteiger partial charge in [-0.25, -0.2) is 9.78 Å². The summed E-state index contributed by atoms with van der Waals surface area (Å²) in [5, 5.41) is 3.34. The number of carbonyl (C=O) groups excluding carboxylic acids is 1. The fraction of sp³-hybridized carbons (Fsp3) is 0.500. The Morgan fingerprint density at radius 3 is 2.58 bits per heavy atom. The van der Waals surface area contributed by atoms with Gasteiger partial charge in [0.25, 0.3) is 0 Å². The van der Waals surface area contributed by atoms with Gasteiger partial charge in [0.05, 0.1) is 40.7 Å². The van der Waals surface area contributed by atoms with Crippen LogP contribution in [0, 0.1) is 6.92 Å². The molecular weight excluding hydrogens is 544 g/mol. The first-order valence-electron chi connectivity index (χ1n) is 14.9. The van der Waals surface area contributed by atoms with Crippen LogP contribution in [0.15, 0.2) is 30.5 Å². The number of pyridine rings is 1. The molecule has 43 heavy (non-hydrogen) atoms. The van der Waals surface area contributed by atoms with Crippen molar-refractivity contribution in [1.29, 1.82) is 0 Å². The van der Waals surface area contributed by atoms with Gasteiger partial charge in [-0.1, -0.05) is 13.8 Å². The van der Waals surface area contributed by atoms with Crippen LogP contribution in [0.1, 0.15) is 62.3 Å². The maximum Gasteiger partial charge on any atom is 0.343 e. The Hall–Kier alpha value is -4.12. The molecule has 1 aliphatic carbocycles. The van der Waals surface area contributed by atoms with Crippen LogP contribution in [0.2, 0.25) is 0 Å². The summed E-state index contributed by atoms with van der Waals surface area (Å²) in [6, 6.07) is 7.85. The van der Waals surface area contributed by atoms with Crippen molar-refractivity contribution in [2.75, 3.05) is 61.6 Å². The summed E-state index contributed by atoms with van der Waals surface area (Å²) in [5.41, 5.74) is 11.6. The second kappa shape index (κ2) is 11.9. The number of nitrogens with zero attached hydrogens (tertiary/aromatic N) is 6. The molecule has 0 amide bonds. The molecule has 5 rings (SSSR count). The first kappa shape index (κ1) is 30.3. The molecule has 0 spiro atoms. The molecule has 0 saturated heterocycles. The summed E-state index contributed by atoms with van der Waals surface area (Å²) in [5.74, 6) is 0.980. The average molecular weight is 589 g/mol. The lowest BCUT2D eigenvalue weighted by Gasteiger charge is -2.25. The molecule has 3 heterocycles. The Morgan fingerprint density at radius 2 is 1.91 bits per heavy atom. The van der Waals surface area contributed by atoms with Crippen LogP contribution in [-0.4, -0.2) is 78.8 Å². The van der Waals surface area contributed by atoms with Gasteiger partial charge >= 0.3 is 5.97 Å². The molecule has 2 aromatic heterocycles. The number of anilines is 6. The van der Waals surface area contributed by atoms with Crippen molar-refractivity contribution < 1.29 is 14.3 Å². The van der Waals surface area contributed by atoms with E-state index < -0.39 is 5.97 Å². The maximum atomic E-state index is 13.2. The summed E-state index contributed by atoms with van der Waals surface area (Å²) < 4.78 is 11.9. The first-order valence-corrected chi connectivity index (χ1v) is 14.9. The number of aromatic nitrogens is 3. The zero-order valence-corrected chi connectivity index (χ0v) is 26.6. The van der Waals surface area contributed by atoms with E-state index in [4.69, 9.17) is 25.2 Å². The minimum absolute atomic E-state index is 0.174. The largest absolute Gasteiger partial charge is 0.488 e. The Bertz CT molecular complexity index is 1500. The molecule has 0 bridgehead atoms. The summed E-state index contributed by atoms with van der Waals surface area (Å²) in [7, 11) is 6.12. The number of ether oxygens (including phenoxy) is 2. The van der Waals surface area contributed by atoms with Crippen molar-refractivity contribution in [3.63, 3.8) is 0 Å². The number of rotatable bonds is 11. The fourth-order valence-corrected chi connectivity index (χ4v) is 5.14. The maximum absolute atomic E-state index is 13.2. The summed E-state index contributed by atoms with van der Waals surface area (Å²) >= 11 is 0. The zero-order valence-electron chi connectivity index (χ0n) is 26.6. The number of carbonyl (C=O) groups is 1. The number of nitrogen functional groups attached to an aromatic ring is 1. The fourth-order valence-electron chi connectivity index (χ4n) is 5.14. The third-order valence-corrected chi connectivity index (χ3v) is 7.57. The van der Waals surface area contributed by atoms with E-state index in [1.54, 1.807) is 0 Å². The second-order valence-corrected chi connectivity index (χ2v) is 12.7. The number of benzene rings is 1. The van der Waals surface area contributed by atoms with Gasteiger partial charge in [-0.2, -0.15) is 4.98 Å². The van der Waals surface area contributed by atoms with Gasteiger partial charge in [0.2, 0.25) is 5.95 Å². The number of hydrogen-bond acceptors (Lipinski definition) is 11. The molecule has 1 aliphatic heterocycles. The molecular formula is C32H44N8O3. The highest BCUT2D eigenvalue weighted by molar-refractivity contribution is 5.96. The van der Waals surface area contributed by atoms with Gasteiger partial charge in [-0.15, -0.1) is 0 Å². The van der Waals surface area contributed by atoms with E-state index in [0.717, 1.165) is 48.7 Å². The highest BCUT2D eigenvalue weighted by atomic mass is 16.5. The molecule has 0 unspecified atom stereocenters. The average Bonchev–Trinajstić information content (AvgIpc) is 3.71. The molecule has 1 saturated carbocycles. The SMILES string of the molecule is Cc1ccc2c(n1)C(C)(C)CN2c1nc(Nc2cc(N)c(N(C)CCN(C)C)cc2OC2CC2)ncc1C(=O)OC(C)C. The number of likely N-dealkylation sites (N-methyl/N-ethyl adjacent to an activating group) is 2. The van der Waals surface area contributed by atoms with E-state index in [2.05, 4.69) is 33.9 Å². The number of aryl methyl sites for hydroxylation is 1. The third kappa shape index (κ3) is 6.77. The van der Waals surface area contributed by atoms with Gasteiger partial charge in [-0.05, 0) is 65.9 Å². The van der Waals surface area contributed by atoms with Gasteiger partial charge in [-0.3, -0.25) is 4.98 Å². The zero-order chi connectivity index (χ0) is 31.1.